The molecule has 2 aliphatic rings. The van der Waals surface area contributed by atoms with Crippen molar-refractivity contribution >= 4 is 6.21 Å². The Hall–Kier alpha value is -0.590. The molecule has 0 bridgehead atoms. The highest BCUT2D eigenvalue weighted by atomic mass is 14.8. The Kier molecular flexibility index (Phi) is 2.82. The van der Waals surface area contributed by atoms with Crippen LogP contribution in [0.4, 0.5) is 0 Å². The van der Waals surface area contributed by atoms with Crippen molar-refractivity contribution in [3.05, 3.63) is 11.6 Å². The van der Waals surface area contributed by atoms with Gasteiger partial charge in [0.1, 0.15) is 0 Å². The molecule has 1 heterocycles. The topological polar surface area (TPSA) is 12.4 Å². The zero-order valence-corrected chi connectivity index (χ0v) is 8.50. The highest BCUT2D eigenvalue weighted by molar-refractivity contribution is 5.76. The van der Waals surface area contributed by atoms with Gasteiger partial charge in [0, 0.05) is 6.21 Å². The monoisotopic (exact) mass is 177 g/mol. The highest BCUT2D eigenvalue weighted by Crippen LogP contribution is 2.34. The molecule has 0 N–H and O–H groups in total. The zero-order chi connectivity index (χ0) is 9.10. The van der Waals surface area contributed by atoms with Gasteiger partial charge >= 0.3 is 0 Å². The summed E-state index contributed by atoms with van der Waals surface area (Å²) >= 11 is 0. The van der Waals surface area contributed by atoms with Crippen molar-refractivity contribution in [2.45, 2.75) is 51.5 Å². The van der Waals surface area contributed by atoms with Crippen LogP contribution in [-0.4, -0.2) is 12.3 Å². The number of aliphatic imine (C=N–C) groups is 1. The lowest BCUT2D eigenvalue weighted by molar-refractivity contribution is 0.352. The number of fused-ring (bicyclic) bond motifs is 1. The van der Waals surface area contributed by atoms with Crippen LogP contribution in [0.5, 0.6) is 0 Å². The lowest BCUT2D eigenvalue weighted by atomic mass is 9.81. The number of hydrogen-bond acceptors (Lipinski definition) is 1. The van der Waals surface area contributed by atoms with E-state index in [9.17, 15) is 0 Å². The molecule has 0 radical (unpaired) electrons. The van der Waals surface area contributed by atoms with E-state index in [0.29, 0.717) is 6.04 Å². The summed E-state index contributed by atoms with van der Waals surface area (Å²) < 4.78 is 0. The minimum absolute atomic E-state index is 0.579. The summed E-state index contributed by atoms with van der Waals surface area (Å²) in [6, 6.07) is 0.579. The van der Waals surface area contributed by atoms with Gasteiger partial charge in [0.2, 0.25) is 0 Å². The third-order valence-corrected chi connectivity index (χ3v) is 3.35. The first kappa shape index (κ1) is 8.98. The molecule has 0 aromatic carbocycles. The van der Waals surface area contributed by atoms with Gasteiger partial charge in [0.15, 0.2) is 0 Å². The maximum absolute atomic E-state index is 4.50. The molecule has 0 saturated heterocycles. The molecule has 1 nitrogen and oxygen atoms in total. The van der Waals surface area contributed by atoms with E-state index in [-0.39, 0.29) is 0 Å². The van der Waals surface area contributed by atoms with Gasteiger partial charge in [-0.25, -0.2) is 0 Å². The maximum atomic E-state index is 4.50. The van der Waals surface area contributed by atoms with E-state index >= 15 is 0 Å². The molecular weight excluding hydrogens is 158 g/mol. The number of nitrogens with zero attached hydrogens (tertiary/aromatic N) is 1. The quantitative estimate of drug-likeness (QED) is 0.627. The number of unbranched alkanes of at least 4 members (excludes halogenated alkanes) is 1. The van der Waals surface area contributed by atoms with E-state index in [2.05, 4.69) is 18.0 Å². The van der Waals surface area contributed by atoms with Crippen molar-refractivity contribution in [3.8, 4) is 0 Å². The second-order valence-electron chi connectivity index (χ2n) is 4.34. The minimum Gasteiger partial charge on any atom is -0.285 e. The van der Waals surface area contributed by atoms with E-state index in [1.807, 2.05) is 6.21 Å². The Morgan fingerprint density at radius 3 is 3.31 bits per heavy atom. The fraction of sp³-hybridized carbons (Fsp3) is 0.750. The van der Waals surface area contributed by atoms with Crippen LogP contribution < -0.4 is 0 Å². The maximum Gasteiger partial charge on any atom is 0.0715 e. The number of hydrogen-bond donors (Lipinski definition) is 0. The first-order valence-electron chi connectivity index (χ1n) is 5.62. The predicted molar refractivity (Wildman–Crippen MR) is 57.2 cm³/mol. The molecule has 1 heteroatoms. The van der Waals surface area contributed by atoms with E-state index < -0.39 is 0 Å². The normalized spacial score (nSPS) is 31.6. The largest absolute Gasteiger partial charge is 0.285 e. The second kappa shape index (κ2) is 4.08. The van der Waals surface area contributed by atoms with Crippen LogP contribution in [0.2, 0.25) is 0 Å². The smallest absolute Gasteiger partial charge is 0.0715 e. The fourth-order valence-electron chi connectivity index (χ4n) is 2.47. The van der Waals surface area contributed by atoms with Crippen molar-refractivity contribution in [1.82, 2.24) is 0 Å². The van der Waals surface area contributed by atoms with E-state index in [1.165, 1.54) is 38.5 Å². The summed E-state index contributed by atoms with van der Waals surface area (Å²) in [5.74, 6) is 0.956. The van der Waals surface area contributed by atoms with Crippen molar-refractivity contribution < 1.29 is 0 Å². The summed E-state index contributed by atoms with van der Waals surface area (Å²) in [5.41, 5.74) is 1.59. The van der Waals surface area contributed by atoms with Crippen LogP contribution in [0, 0.1) is 5.92 Å². The van der Waals surface area contributed by atoms with Crippen molar-refractivity contribution in [3.63, 3.8) is 0 Å². The van der Waals surface area contributed by atoms with Crippen molar-refractivity contribution in [1.29, 1.82) is 0 Å². The summed E-state index contributed by atoms with van der Waals surface area (Å²) in [6.07, 6.45) is 12.4. The minimum atomic E-state index is 0.579. The summed E-state index contributed by atoms with van der Waals surface area (Å²) in [6.45, 7) is 2.28. The first-order chi connectivity index (χ1) is 6.40. The van der Waals surface area contributed by atoms with Gasteiger partial charge in [0.25, 0.3) is 0 Å². The van der Waals surface area contributed by atoms with Gasteiger partial charge in [0.05, 0.1) is 6.04 Å². The molecule has 1 aliphatic heterocycles. The van der Waals surface area contributed by atoms with E-state index in [4.69, 9.17) is 0 Å². The molecule has 72 valence electrons. The third-order valence-electron chi connectivity index (χ3n) is 3.35. The summed E-state index contributed by atoms with van der Waals surface area (Å²) in [5, 5.41) is 0. The Bertz CT molecular complexity index is 227. The van der Waals surface area contributed by atoms with Gasteiger partial charge in [-0.05, 0) is 36.8 Å². The van der Waals surface area contributed by atoms with Crippen LogP contribution >= 0.6 is 0 Å². The molecule has 2 rings (SSSR count). The molecule has 1 aliphatic carbocycles. The third kappa shape index (κ3) is 2.01. The lowest BCUT2D eigenvalue weighted by Crippen LogP contribution is -2.19. The SMILES string of the molecule is CCCCC1CCC2=CC=NC2C1. The molecule has 0 aromatic heterocycles. The lowest BCUT2D eigenvalue weighted by Gasteiger charge is -2.27. The van der Waals surface area contributed by atoms with Crippen LogP contribution in [0.25, 0.3) is 0 Å². The molecular formula is C12H19N. The van der Waals surface area contributed by atoms with Crippen LogP contribution in [0.1, 0.15) is 45.4 Å². The molecule has 0 aromatic rings. The summed E-state index contributed by atoms with van der Waals surface area (Å²) in [4.78, 5) is 4.50. The van der Waals surface area contributed by atoms with Gasteiger partial charge < -0.3 is 0 Å². The van der Waals surface area contributed by atoms with Crippen molar-refractivity contribution in [2.75, 3.05) is 0 Å². The predicted octanol–water partition coefficient (Wildman–Crippen LogP) is 3.36. The van der Waals surface area contributed by atoms with Crippen LogP contribution in [-0.2, 0) is 0 Å². The average molecular weight is 177 g/mol. The Morgan fingerprint density at radius 1 is 1.54 bits per heavy atom. The molecule has 1 saturated carbocycles. The highest BCUT2D eigenvalue weighted by Gasteiger charge is 2.25. The second-order valence-corrected chi connectivity index (χ2v) is 4.34. The van der Waals surface area contributed by atoms with Gasteiger partial charge in [-0.3, -0.25) is 4.99 Å². The molecule has 13 heavy (non-hydrogen) atoms. The Labute approximate surface area is 80.9 Å². The Balaban J connectivity index is 1.84. The molecule has 0 spiro atoms. The molecule has 1 fully saturated rings. The van der Waals surface area contributed by atoms with Gasteiger partial charge in [-0.2, -0.15) is 0 Å². The van der Waals surface area contributed by atoms with Crippen LogP contribution in [0.3, 0.4) is 0 Å². The van der Waals surface area contributed by atoms with E-state index in [0.717, 1.165) is 5.92 Å². The zero-order valence-electron chi connectivity index (χ0n) is 8.50. The van der Waals surface area contributed by atoms with Gasteiger partial charge in [-0.15, -0.1) is 0 Å². The Morgan fingerprint density at radius 2 is 2.46 bits per heavy atom. The summed E-state index contributed by atoms with van der Waals surface area (Å²) in [7, 11) is 0. The number of rotatable bonds is 3. The fourth-order valence-corrected chi connectivity index (χ4v) is 2.47. The number of allylic oxidation sites excluding steroid dienone is 1. The molecule has 2 atom stereocenters. The first-order valence-corrected chi connectivity index (χ1v) is 5.62. The molecule has 0 amide bonds. The van der Waals surface area contributed by atoms with Crippen LogP contribution in [0.15, 0.2) is 16.6 Å². The van der Waals surface area contributed by atoms with E-state index in [1.54, 1.807) is 5.57 Å². The van der Waals surface area contributed by atoms with Crippen molar-refractivity contribution in [2.24, 2.45) is 10.9 Å². The average Bonchev–Trinajstić information content (AvgIpc) is 2.61. The van der Waals surface area contributed by atoms with Gasteiger partial charge in [-0.1, -0.05) is 26.2 Å². The molecule has 2 unspecified atom stereocenters. The standard InChI is InChI=1S/C12H19N/c1-2-3-4-10-5-6-11-7-8-13-12(11)9-10/h7-8,10,12H,2-6,9H2,1H3.